The molecule has 96 valence electrons. The maximum Gasteiger partial charge on any atom is 0.234 e. The van der Waals surface area contributed by atoms with Gasteiger partial charge in [-0.3, -0.25) is 4.79 Å². The molecule has 0 bridgehead atoms. The highest BCUT2D eigenvalue weighted by atomic mass is 16.3. The molecule has 1 aromatic heterocycles. The smallest absolute Gasteiger partial charge is 0.234 e. The van der Waals surface area contributed by atoms with E-state index in [1.807, 2.05) is 46.8 Å². The minimum atomic E-state index is -0.0991. The third kappa shape index (κ3) is 5.04. The normalized spacial score (nSPS) is 13.5. The number of carbonyl (C=O) groups excluding carboxylic acids is 1. The van der Waals surface area contributed by atoms with Crippen molar-refractivity contribution >= 4 is 5.91 Å². The van der Waals surface area contributed by atoms with Gasteiger partial charge >= 0.3 is 0 Å². The van der Waals surface area contributed by atoms with Crippen molar-refractivity contribution < 1.29 is 9.21 Å². The number of nitrogens with one attached hydrogen (secondary N) is 2. The van der Waals surface area contributed by atoms with Crippen molar-refractivity contribution in [1.82, 2.24) is 10.6 Å². The van der Waals surface area contributed by atoms with Crippen LogP contribution in [-0.2, 0) is 4.79 Å². The Morgan fingerprint density at radius 2 is 2.06 bits per heavy atom. The quantitative estimate of drug-likeness (QED) is 0.845. The van der Waals surface area contributed by atoms with Crippen molar-refractivity contribution in [2.45, 2.75) is 46.2 Å². The van der Waals surface area contributed by atoms with E-state index in [0.29, 0.717) is 6.54 Å². The molecule has 0 aliphatic carbocycles. The third-order valence-corrected chi connectivity index (χ3v) is 2.34. The Hall–Kier alpha value is -1.29. The fourth-order valence-electron chi connectivity index (χ4n) is 1.40. The summed E-state index contributed by atoms with van der Waals surface area (Å²) in [6.07, 6.45) is 0. The summed E-state index contributed by atoms with van der Waals surface area (Å²) in [6, 6.07) is 3.68. The lowest BCUT2D eigenvalue weighted by Crippen LogP contribution is -2.43. The average Bonchev–Trinajstić information content (AvgIpc) is 2.61. The van der Waals surface area contributed by atoms with Gasteiger partial charge in [0.2, 0.25) is 5.91 Å². The monoisotopic (exact) mass is 238 g/mol. The summed E-state index contributed by atoms with van der Waals surface area (Å²) in [5, 5.41) is 6.03. The molecule has 1 rings (SSSR count). The van der Waals surface area contributed by atoms with Gasteiger partial charge in [-0.2, -0.15) is 0 Å². The summed E-state index contributed by atoms with van der Waals surface area (Å²) in [5.74, 6) is 1.61. The van der Waals surface area contributed by atoms with Crippen LogP contribution in [0.4, 0.5) is 0 Å². The third-order valence-electron chi connectivity index (χ3n) is 2.34. The summed E-state index contributed by atoms with van der Waals surface area (Å²) in [5.41, 5.74) is -0.0537. The maximum atomic E-state index is 11.7. The van der Waals surface area contributed by atoms with E-state index < -0.39 is 0 Å². The van der Waals surface area contributed by atoms with Crippen LogP contribution in [0.3, 0.4) is 0 Å². The van der Waals surface area contributed by atoms with Crippen molar-refractivity contribution in [3.8, 4) is 0 Å². The van der Waals surface area contributed by atoms with Crippen LogP contribution in [0.1, 0.15) is 45.3 Å². The molecule has 0 aliphatic rings. The van der Waals surface area contributed by atoms with Gasteiger partial charge in [0.05, 0.1) is 12.6 Å². The standard InChI is InChI=1S/C13H22N2O2/c1-9-6-7-11(17-9)10(2)15-12(16)8-14-13(3,4)5/h6-7,10,14H,8H2,1-5H3,(H,15,16). The molecule has 1 heterocycles. The molecule has 0 saturated carbocycles. The van der Waals surface area contributed by atoms with Gasteiger partial charge in [-0.1, -0.05) is 0 Å². The molecule has 0 spiro atoms. The first-order valence-corrected chi connectivity index (χ1v) is 5.88. The van der Waals surface area contributed by atoms with E-state index in [2.05, 4.69) is 10.6 Å². The Morgan fingerprint density at radius 1 is 1.41 bits per heavy atom. The summed E-state index contributed by atoms with van der Waals surface area (Å²) in [4.78, 5) is 11.7. The Balaban J connectivity index is 2.41. The maximum absolute atomic E-state index is 11.7. The van der Waals surface area contributed by atoms with Crippen LogP contribution in [0.5, 0.6) is 0 Å². The fourth-order valence-corrected chi connectivity index (χ4v) is 1.40. The molecule has 1 unspecified atom stereocenters. The van der Waals surface area contributed by atoms with Crippen LogP contribution in [0.15, 0.2) is 16.5 Å². The van der Waals surface area contributed by atoms with Crippen LogP contribution in [0.2, 0.25) is 0 Å². The SMILES string of the molecule is Cc1ccc(C(C)NC(=O)CNC(C)(C)C)o1. The number of aryl methyl sites for hydroxylation is 1. The van der Waals surface area contributed by atoms with E-state index >= 15 is 0 Å². The average molecular weight is 238 g/mol. The van der Waals surface area contributed by atoms with Gasteiger partial charge in [0.1, 0.15) is 11.5 Å². The minimum Gasteiger partial charge on any atom is -0.464 e. The van der Waals surface area contributed by atoms with Crippen LogP contribution in [0.25, 0.3) is 0 Å². The lowest BCUT2D eigenvalue weighted by Gasteiger charge is -2.20. The number of rotatable bonds is 4. The van der Waals surface area contributed by atoms with Gasteiger partial charge < -0.3 is 15.1 Å². The minimum absolute atomic E-state index is 0.0264. The molecule has 0 saturated heterocycles. The molecular weight excluding hydrogens is 216 g/mol. The molecule has 1 aromatic rings. The van der Waals surface area contributed by atoms with Crippen molar-refractivity contribution in [1.29, 1.82) is 0 Å². The van der Waals surface area contributed by atoms with Crippen LogP contribution >= 0.6 is 0 Å². The Morgan fingerprint density at radius 3 is 2.53 bits per heavy atom. The zero-order valence-corrected chi connectivity index (χ0v) is 11.3. The van der Waals surface area contributed by atoms with Crippen molar-refractivity contribution in [2.24, 2.45) is 0 Å². The lowest BCUT2D eigenvalue weighted by molar-refractivity contribution is -0.121. The van der Waals surface area contributed by atoms with E-state index in [4.69, 9.17) is 4.42 Å². The van der Waals surface area contributed by atoms with E-state index in [1.54, 1.807) is 0 Å². The molecule has 1 amide bonds. The lowest BCUT2D eigenvalue weighted by atomic mass is 10.1. The van der Waals surface area contributed by atoms with Gasteiger partial charge in [-0.15, -0.1) is 0 Å². The Bertz CT molecular complexity index is 377. The summed E-state index contributed by atoms with van der Waals surface area (Å²) in [7, 11) is 0. The van der Waals surface area contributed by atoms with E-state index in [0.717, 1.165) is 11.5 Å². The Kier molecular flexibility index (Phi) is 4.34. The zero-order chi connectivity index (χ0) is 13.1. The highest BCUT2D eigenvalue weighted by Gasteiger charge is 2.15. The number of hydrogen-bond donors (Lipinski definition) is 2. The van der Waals surface area contributed by atoms with Crippen molar-refractivity contribution in [2.75, 3.05) is 6.54 Å². The predicted octanol–water partition coefficient (Wildman–Crippen LogP) is 2.15. The molecule has 0 aromatic carbocycles. The van der Waals surface area contributed by atoms with Gasteiger partial charge in [0.25, 0.3) is 0 Å². The molecule has 0 aliphatic heterocycles. The molecule has 17 heavy (non-hydrogen) atoms. The molecular formula is C13H22N2O2. The summed E-state index contributed by atoms with van der Waals surface area (Å²) < 4.78 is 5.46. The Labute approximate surface area is 103 Å². The fraction of sp³-hybridized carbons (Fsp3) is 0.615. The molecule has 0 radical (unpaired) electrons. The van der Waals surface area contributed by atoms with Gasteiger partial charge in [-0.05, 0) is 46.8 Å². The van der Waals surface area contributed by atoms with E-state index in [9.17, 15) is 4.79 Å². The van der Waals surface area contributed by atoms with E-state index in [1.165, 1.54) is 0 Å². The predicted molar refractivity (Wildman–Crippen MR) is 67.8 cm³/mol. The highest BCUT2D eigenvalue weighted by Crippen LogP contribution is 2.15. The zero-order valence-electron chi connectivity index (χ0n) is 11.3. The second kappa shape index (κ2) is 5.36. The number of amides is 1. The largest absolute Gasteiger partial charge is 0.464 e. The number of carbonyl (C=O) groups is 1. The first-order valence-electron chi connectivity index (χ1n) is 5.88. The number of furan rings is 1. The molecule has 4 heteroatoms. The highest BCUT2D eigenvalue weighted by molar-refractivity contribution is 5.78. The summed E-state index contributed by atoms with van der Waals surface area (Å²) in [6.45, 7) is 10.2. The first-order chi connectivity index (χ1) is 7.78. The van der Waals surface area contributed by atoms with Crippen LogP contribution in [0, 0.1) is 6.92 Å². The second-order valence-electron chi connectivity index (χ2n) is 5.34. The van der Waals surface area contributed by atoms with Crippen LogP contribution < -0.4 is 10.6 Å². The van der Waals surface area contributed by atoms with Gasteiger partial charge in [0, 0.05) is 5.54 Å². The van der Waals surface area contributed by atoms with Gasteiger partial charge in [0.15, 0.2) is 0 Å². The van der Waals surface area contributed by atoms with E-state index in [-0.39, 0.29) is 17.5 Å². The summed E-state index contributed by atoms with van der Waals surface area (Å²) >= 11 is 0. The van der Waals surface area contributed by atoms with Gasteiger partial charge in [-0.25, -0.2) is 0 Å². The molecule has 0 fully saturated rings. The van der Waals surface area contributed by atoms with Crippen molar-refractivity contribution in [3.63, 3.8) is 0 Å². The second-order valence-corrected chi connectivity index (χ2v) is 5.34. The molecule has 4 nitrogen and oxygen atoms in total. The first kappa shape index (κ1) is 13.8. The molecule has 2 N–H and O–H groups in total. The number of hydrogen-bond acceptors (Lipinski definition) is 3. The molecule has 1 atom stereocenters. The van der Waals surface area contributed by atoms with Crippen molar-refractivity contribution in [3.05, 3.63) is 23.7 Å². The topological polar surface area (TPSA) is 54.3 Å². The van der Waals surface area contributed by atoms with Crippen LogP contribution in [-0.4, -0.2) is 18.0 Å².